The van der Waals surface area contributed by atoms with E-state index in [0.29, 0.717) is 30.4 Å². The summed E-state index contributed by atoms with van der Waals surface area (Å²) < 4.78 is 5.91. The van der Waals surface area contributed by atoms with Crippen LogP contribution in [-0.4, -0.2) is 35.1 Å². The van der Waals surface area contributed by atoms with Crippen molar-refractivity contribution in [3.05, 3.63) is 58.9 Å². The third kappa shape index (κ3) is 3.97. The Morgan fingerprint density at radius 1 is 1.42 bits per heavy atom. The minimum Gasteiger partial charge on any atom is -0.487 e. The van der Waals surface area contributed by atoms with Crippen LogP contribution in [0.3, 0.4) is 0 Å². The van der Waals surface area contributed by atoms with Gasteiger partial charge >= 0.3 is 6.03 Å². The van der Waals surface area contributed by atoms with Gasteiger partial charge in [0, 0.05) is 31.9 Å². The molecule has 126 valence electrons. The van der Waals surface area contributed by atoms with Crippen molar-refractivity contribution in [3.63, 3.8) is 0 Å². The molecule has 1 aromatic carbocycles. The minimum absolute atomic E-state index is 0.0293. The molecule has 0 saturated carbocycles. The number of hydrogen-bond donors (Lipinski definition) is 1. The fraction of sp³-hybridized carbons (Fsp3) is 0.333. The van der Waals surface area contributed by atoms with Gasteiger partial charge in [-0.25, -0.2) is 4.79 Å². The van der Waals surface area contributed by atoms with Crippen molar-refractivity contribution in [2.75, 3.05) is 13.1 Å². The van der Waals surface area contributed by atoms with Gasteiger partial charge in [-0.15, -0.1) is 0 Å². The highest BCUT2D eigenvalue weighted by Crippen LogP contribution is 2.26. The van der Waals surface area contributed by atoms with E-state index in [1.807, 2.05) is 31.2 Å². The Morgan fingerprint density at radius 3 is 3.04 bits per heavy atom. The molecule has 1 atom stereocenters. The van der Waals surface area contributed by atoms with E-state index in [-0.39, 0.29) is 12.1 Å². The Hall–Kier alpha value is -2.27. The van der Waals surface area contributed by atoms with Crippen molar-refractivity contribution in [1.82, 2.24) is 15.2 Å². The molecule has 1 N–H and O–H groups in total. The lowest BCUT2D eigenvalue weighted by Gasteiger charge is -2.18. The maximum atomic E-state index is 12.3. The summed E-state index contributed by atoms with van der Waals surface area (Å²) in [7, 11) is 0. The van der Waals surface area contributed by atoms with Crippen LogP contribution in [0, 0.1) is 6.92 Å². The van der Waals surface area contributed by atoms with E-state index < -0.39 is 0 Å². The van der Waals surface area contributed by atoms with Crippen molar-refractivity contribution in [2.45, 2.75) is 26.0 Å². The molecule has 2 aromatic rings. The number of benzene rings is 1. The number of para-hydroxylation sites is 1. The Morgan fingerprint density at radius 2 is 2.25 bits per heavy atom. The van der Waals surface area contributed by atoms with Gasteiger partial charge in [-0.3, -0.25) is 4.98 Å². The summed E-state index contributed by atoms with van der Waals surface area (Å²) >= 11 is 6.11. The van der Waals surface area contributed by atoms with Gasteiger partial charge in [0.2, 0.25) is 0 Å². The minimum atomic E-state index is -0.0727. The van der Waals surface area contributed by atoms with Crippen LogP contribution < -0.4 is 10.1 Å². The predicted molar refractivity (Wildman–Crippen MR) is 93.3 cm³/mol. The number of rotatable bonds is 4. The number of carbonyl (C=O) groups is 1. The first-order chi connectivity index (χ1) is 11.6. The van der Waals surface area contributed by atoms with E-state index in [2.05, 4.69) is 10.3 Å². The maximum Gasteiger partial charge on any atom is 0.317 e. The molecule has 0 aliphatic carbocycles. The van der Waals surface area contributed by atoms with E-state index in [9.17, 15) is 4.79 Å². The number of urea groups is 1. The van der Waals surface area contributed by atoms with Crippen LogP contribution in [0.2, 0.25) is 5.02 Å². The van der Waals surface area contributed by atoms with Crippen LogP contribution in [0.1, 0.15) is 17.5 Å². The summed E-state index contributed by atoms with van der Waals surface area (Å²) in [6, 6.07) is 9.24. The molecule has 6 heteroatoms. The first kappa shape index (κ1) is 16.6. The molecular formula is C18H20ClN3O2. The summed E-state index contributed by atoms with van der Waals surface area (Å²) in [6.07, 6.45) is 4.30. The number of nitrogens with zero attached hydrogens (tertiary/aromatic N) is 2. The molecule has 1 aliphatic heterocycles. The zero-order chi connectivity index (χ0) is 16.9. The van der Waals surface area contributed by atoms with Gasteiger partial charge in [0.25, 0.3) is 0 Å². The van der Waals surface area contributed by atoms with E-state index in [4.69, 9.17) is 16.3 Å². The Balaban J connectivity index is 1.51. The zero-order valence-corrected chi connectivity index (χ0v) is 14.3. The summed E-state index contributed by atoms with van der Waals surface area (Å²) in [5.74, 6) is 0.666. The number of nitrogens with one attached hydrogen (secondary N) is 1. The number of ether oxygens (including phenoxy) is 1. The SMILES string of the molecule is Cc1cnccc1CNC(=O)N1CCC(Oc2ccccc2Cl)C1. The summed E-state index contributed by atoms with van der Waals surface area (Å²) in [6.45, 7) is 3.72. The average molecular weight is 346 g/mol. The fourth-order valence-electron chi connectivity index (χ4n) is 2.71. The highest BCUT2D eigenvalue weighted by Gasteiger charge is 2.27. The number of hydrogen-bond acceptors (Lipinski definition) is 3. The van der Waals surface area contributed by atoms with Crippen LogP contribution in [0.25, 0.3) is 0 Å². The smallest absolute Gasteiger partial charge is 0.317 e. The molecule has 1 fully saturated rings. The fourth-order valence-corrected chi connectivity index (χ4v) is 2.89. The van der Waals surface area contributed by atoms with Crippen LogP contribution in [0.5, 0.6) is 5.75 Å². The van der Waals surface area contributed by atoms with Gasteiger partial charge in [0.15, 0.2) is 0 Å². The first-order valence-electron chi connectivity index (χ1n) is 7.97. The molecule has 5 nitrogen and oxygen atoms in total. The van der Waals surface area contributed by atoms with Crippen LogP contribution in [-0.2, 0) is 6.54 Å². The molecule has 2 heterocycles. The standard InChI is InChI=1S/C18H20ClN3O2/c1-13-10-20-8-6-14(13)11-21-18(23)22-9-7-15(12-22)24-17-5-3-2-4-16(17)19/h2-6,8,10,15H,7,9,11-12H2,1H3,(H,21,23). The molecule has 0 radical (unpaired) electrons. The topological polar surface area (TPSA) is 54.5 Å². The number of aromatic nitrogens is 1. The molecular weight excluding hydrogens is 326 g/mol. The predicted octanol–water partition coefficient (Wildman–Crippen LogP) is 3.41. The third-order valence-corrected chi connectivity index (χ3v) is 4.44. The zero-order valence-electron chi connectivity index (χ0n) is 13.5. The molecule has 1 saturated heterocycles. The molecule has 0 bridgehead atoms. The normalized spacial score (nSPS) is 16.9. The number of likely N-dealkylation sites (tertiary alicyclic amines) is 1. The quantitative estimate of drug-likeness (QED) is 0.924. The lowest BCUT2D eigenvalue weighted by Crippen LogP contribution is -2.39. The molecule has 1 aromatic heterocycles. The third-order valence-electron chi connectivity index (χ3n) is 4.13. The van der Waals surface area contributed by atoms with E-state index in [1.165, 1.54) is 0 Å². The van der Waals surface area contributed by atoms with Crippen molar-refractivity contribution >= 4 is 17.6 Å². The lowest BCUT2D eigenvalue weighted by atomic mass is 10.1. The summed E-state index contributed by atoms with van der Waals surface area (Å²) in [5, 5.41) is 3.55. The van der Waals surface area contributed by atoms with Crippen molar-refractivity contribution in [1.29, 1.82) is 0 Å². The van der Waals surface area contributed by atoms with Gasteiger partial charge in [-0.1, -0.05) is 23.7 Å². The summed E-state index contributed by atoms with van der Waals surface area (Å²) in [5.41, 5.74) is 2.14. The molecule has 24 heavy (non-hydrogen) atoms. The highest BCUT2D eigenvalue weighted by atomic mass is 35.5. The molecule has 1 aliphatic rings. The number of carbonyl (C=O) groups excluding carboxylic acids is 1. The number of halogens is 1. The second kappa shape index (κ2) is 7.53. The van der Waals surface area contributed by atoms with E-state index in [1.54, 1.807) is 23.4 Å². The second-order valence-corrected chi connectivity index (χ2v) is 6.27. The molecule has 1 unspecified atom stereocenters. The summed E-state index contributed by atoms with van der Waals surface area (Å²) in [4.78, 5) is 18.1. The van der Waals surface area contributed by atoms with Gasteiger partial charge in [0.1, 0.15) is 11.9 Å². The van der Waals surface area contributed by atoms with Crippen molar-refractivity contribution in [2.24, 2.45) is 0 Å². The van der Waals surface area contributed by atoms with E-state index in [0.717, 1.165) is 17.5 Å². The lowest BCUT2D eigenvalue weighted by molar-refractivity contribution is 0.186. The highest BCUT2D eigenvalue weighted by molar-refractivity contribution is 6.32. The first-order valence-corrected chi connectivity index (χ1v) is 8.34. The Bertz CT molecular complexity index is 723. The van der Waals surface area contributed by atoms with Gasteiger partial charge < -0.3 is 15.0 Å². The number of amides is 2. The van der Waals surface area contributed by atoms with Crippen molar-refractivity contribution < 1.29 is 9.53 Å². The molecule has 0 spiro atoms. The maximum absolute atomic E-state index is 12.3. The van der Waals surface area contributed by atoms with Gasteiger partial charge in [-0.2, -0.15) is 0 Å². The Labute approximate surface area is 146 Å². The van der Waals surface area contributed by atoms with Gasteiger partial charge in [-0.05, 0) is 36.2 Å². The monoisotopic (exact) mass is 345 g/mol. The average Bonchev–Trinajstić information content (AvgIpc) is 3.05. The van der Waals surface area contributed by atoms with Crippen LogP contribution >= 0.6 is 11.6 Å². The molecule has 2 amide bonds. The van der Waals surface area contributed by atoms with Gasteiger partial charge in [0.05, 0.1) is 11.6 Å². The van der Waals surface area contributed by atoms with Crippen LogP contribution in [0.15, 0.2) is 42.7 Å². The van der Waals surface area contributed by atoms with Crippen LogP contribution in [0.4, 0.5) is 4.79 Å². The number of aryl methyl sites for hydroxylation is 1. The van der Waals surface area contributed by atoms with Crippen molar-refractivity contribution in [3.8, 4) is 5.75 Å². The molecule has 3 rings (SSSR count). The largest absolute Gasteiger partial charge is 0.487 e. The number of pyridine rings is 1. The Kier molecular flexibility index (Phi) is 5.20. The second-order valence-electron chi connectivity index (χ2n) is 5.87. The van der Waals surface area contributed by atoms with E-state index >= 15 is 0 Å².